The van der Waals surface area contributed by atoms with Crippen LogP contribution in [0.15, 0.2) is 42.5 Å². The van der Waals surface area contributed by atoms with Crippen molar-refractivity contribution in [3.8, 4) is 0 Å². The fraction of sp³-hybridized carbons (Fsp3) is 0.125. The molecule has 2 rings (SSSR count). The van der Waals surface area contributed by atoms with Crippen LogP contribution in [0.25, 0.3) is 0 Å². The Balaban J connectivity index is 1.81. The summed E-state index contributed by atoms with van der Waals surface area (Å²) in [5, 5.41) is 5.21. The Kier molecular flexibility index (Phi) is 5.54. The Morgan fingerprint density at radius 3 is 2.43 bits per heavy atom. The zero-order valence-electron chi connectivity index (χ0n) is 12.1. The SMILES string of the molecule is Nc1ccc(NC(=O)C(=O)NCCc2ccc(F)cc2)cc1Cl. The quantitative estimate of drug-likeness (QED) is 0.592. The molecule has 0 radical (unpaired) electrons. The highest BCUT2D eigenvalue weighted by atomic mass is 35.5. The van der Waals surface area contributed by atoms with Crippen molar-refractivity contribution in [3.05, 3.63) is 58.9 Å². The Hall–Kier alpha value is -2.60. The smallest absolute Gasteiger partial charge is 0.313 e. The average molecular weight is 336 g/mol. The van der Waals surface area contributed by atoms with Crippen LogP contribution in [0.4, 0.5) is 15.8 Å². The van der Waals surface area contributed by atoms with E-state index < -0.39 is 11.8 Å². The van der Waals surface area contributed by atoms with E-state index in [0.717, 1.165) is 5.56 Å². The van der Waals surface area contributed by atoms with E-state index in [-0.39, 0.29) is 12.4 Å². The minimum atomic E-state index is -0.801. The molecule has 0 spiro atoms. The van der Waals surface area contributed by atoms with Gasteiger partial charge >= 0.3 is 11.8 Å². The molecular formula is C16H15ClFN3O2. The fourth-order valence-corrected chi connectivity index (χ4v) is 2.03. The predicted octanol–water partition coefficient (Wildman–Crippen LogP) is 2.36. The number of nitrogens with two attached hydrogens (primary N) is 1. The minimum Gasteiger partial charge on any atom is -0.398 e. The van der Waals surface area contributed by atoms with Crippen LogP contribution in [0, 0.1) is 5.82 Å². The van der Waals surface area contributed by atoms with Gasteiger partial charge in [0.05, 0.1) is 10.7 Å². The number of nitrogen functional groups attached to an aromatic ring is 1. The third kappa shape index (κ3) is 4.96. The molecule has 0 saturated heterocycles. The van der Waals surface area contributed by atoms with Crippen LogP contribution >= 0.6 is 11.6 Å². The molecule has 0 bridgehead atoms. The molecule has 7 heteroatoms. The van der Waals surface area contributed by atoms with E-state index in [1.165, 1.54) is 24.3 Å². The lowest BCUT2D eigenvalue weighted by molar-refractivity contribution is -0.136. The van der Waals surface area contributed by atoms with Gasteiger partial charge < -0.3 is 16.4 Å². The maximum Gasteiger partial charge on any atom is 0.313 e. The Morgan fingerprint density at radius 1 is 1.09 bits per heavy atom. The number of benzene rings is 2. The lowest BCUT2D eigenvalue weighted by Crippen LogP contribution is -2.36. The molecule has 2 aromatic carbocycles. The second-order valence-electron chi connectivity index (χ2n) is 4.82. The Morgan fingerprint density at radius 2 is 1.78 bits per heavy atom. The van der Waals surface area contributed by atoms with Gasteiger partial charge in [0.25, 0.3) is 0 Å². The molecule has 5 nitrogen and oxygen atoms in total. The summed E-state index contributed by atoms with van der Waals surface area (Å²) in [7, 11) is 0. The van der Waals surface area contributed by atoms with E-state index in [2.05, 4.69) is 10.6 Å². The van der Waals surface area contributed by atoms with Crippen molar-refractivity contribution in [2.45, 2.75) is 6.42 Å². The number of nitrogens with one attached hydrogen (secondary N) is 2. The van der Waals surface area contributed by atoms with Crippen molar-refractivity contribution >= 4 is 34.8 Å². The number of halogens is 2. The van der Waals surface area contributed by atoms with E-state index in [0.29, 0.717) is 22.8 Å². The molecule has 0 aliphatic heterocycles. The molecule has 0 heterocycles. The van der Waals surface area contributed by atoms with Crippen molar-refractivity contribution < 1.29 is 14.0 Å². The van der Waals surface area contributed by atoms with Crippen LogP contribution < -0.4 is 16.4 Å². The van der Waals surface area contributed by atoms with Gasteiger partial charge in [0.2, 0.25) is 0 Å². The Labute approximate surface area is 137 Å². The summed E-state index contributed by atoms with van der Waals surface area (Å²) < 4.78 is 12.8. The van der Waals surface area contributed by atoms with E-state index in [9.17, 15) is 14.0 Å². The number of rotatable bonds is 4. The van der Waals surface area contributed by atoms with Crippen molar-refractivity contribution in [1.29, 1.82) is 0 Å². The first kappa shape index (κ1) is 16.8. The lowest BCUT2D eigenvalue weighted by Gasteiger charge is -2.08. The minimum absolute atomic E-state index is 0.264. The standard InChI is InChI=1S/C16H15ClFN3O2/c17-13-9-12(5-6-14(13)19)21-16(23)15(22)20-8-7-10-1-3-11(18)4-2-10/h1-6,9H,7-8,19H2,(H,20,22)(H,21,23). The van der Waals surface area contributed by atoms with Gasteiger partial charge in [-0.15, -0.1) is 0 Å². The number of carbonyl (C=O) groups excluding carboxylic acids is 2. The van der Waals surface area contributed by atoms with Gasteiger partial charge in [-0.2, -0.15) is 0 Å². The molecule has 2 aromatic rings. The monoisotopic (exact) mass is 335 g/mol. The lowest BCUT2D eigenvalue weighted by atomic mass is 10.1. The zero-order valence-corrected chi connectivity index (χ0v) is 12.9. The molecule has 0 aliphatic rings. The van der Waals surface area contributed by atoms with Gasteiger partial charge in [0.1, 0.15) is 5.82 Å². The molecule has 0 aliphatic carbocycles. The highest BCUT2D eigenvalue weighted by molar-refractivity contribution is 6.40. The highest BCUT2D eigenvalue weighted by Crippen LogP contribution is 2.22. The van der Waals surface area contributed by atoms with Crippen molar-refractivity contribution in [2.24, 2.45) is 0 Å². The van der Waals surface area contributed by atoms with Crippen LogP contribution in [-0.2, 0) is 16.0 Å². The molecular weight excluding hydrogens is 321 g/mol. The van der Waals surface area contributed by atoms with Crippen LogP contribution in [-0.4, -0.2) is 18.4 Å². The molecule has 0 aromatic heterocycles. The van der Waals surface area contributed by atoms with Crippen LogP contribution in [0.1, 0.15) is 5.56 Å². The van der Waals surface area contributed by atoms with Gasteiger partial charge in [-0.05, 0) is 42.3 Å². The molecule has 2 amide bonds. The number of amides is 2. The first-order valence-electron chi connectivity index (χ1n) is 6.84. The highest BCUT2D eigenvalue weighted by Gasteiger charge is 2.13. The fourth-order valence-electron chi connectivity index (χ4n) is 1.84. The van der Waals surface area contributed by atoms with Crippen molar-refractivity contribution in [1.82, 2.24) is 5.32 Å². The summed E-state index contributed by atoms with van der Waals surface area (Å²) in [4.78, 5) is 23.5. The van der Waals surface area contributed by atoms with E-state index >= 15 is 0 Å². The van der Waals surface area contributed by atoms with E-state index in [1.54, 1.807) is 18.2 Å². The molecule has 0 saturated carbocycles. The number of carbonyl (C=O) groups is 2. The molecule has 120 valence electrons. The summed E-state index contributed by atoms with van der Waals surface area (Å²) in [6.07, 6.45) is 0.493. The van der Waals surface area contributed by atoms with Crippen molar-refractivity contribution in [2.75, 3.05) is 17.6 Å². The van der Waals surface area contributed by atoms with E-state index in [4.69, 9.17) is 17.3 Å². The predicted molar refractivity (Wildman–Crippen MR) is 87.6 cm³/mol. The van der Waals surface area contributed by atoms with Gasteiger partial charge in [0, 0.05) is 12.2 Å². The van der Waals surface area contributed by atoms with E-state index in [1.807, 2.05) is 0 Å². The number of anilines is 2. The molecule has 0 fully saturated rings. The maximum absolute atomic E-state index is 12.8. The van der Waals surface area contributed by atoms with Crippen LogP contribution in [0.3, 0.4) is 0 Å². The molecule has 23 heavy (non-hydrogen) atoms. The van der Waals surface area contributed by atoms with Gasteiger partial charge in [-0.3, -0.25) is 9.59 Å². The summed E-state index contributed by atoms with van der Waals surface area (Å²) in [5.41, 5.74) is 7.18. The van der Waals surface area contributed by atoms with Gasteiger partial charge in [0.15, 0.2) is 0 Å². The largest absolute Gasteiger partial charge is 0.398 e. The van der Waals surface area contributed by atoms with Gasteiger partial charge in [-0.25, -0.2) is 4.39 Å². The number of hydrogen-bond donors (Lipinski definition) is 3. The zero-order chi connectivity index (χ0) is 16.8. The van der Waals surface area contributed by atoms with Crippen LogP contribution in [0.5, 0.6) is 0 Å². The summed E-state index contributed by atoms with van der Waals surface area (Å²) >= 11 is 5.84. The number of hydrogen-bond acceptors (Lipinski definition) is 3. The first-order valence-corrected chi connectivity index (χ1v) is 7.22. The average Bonchev–Trinajstić information content (AvgIpc) is 2.52. The molecule has 4 N–H and O–H groups in total. The summed E-state index contributed by atoms with van der Waals surface area (Å²) in [5.74, 6) is -1.88. The Bertz CT molecular complexity index is 720. The first-order chi connectivity index (χ1) is 11.0. The molecule has 0 atom stereocenters. The van der Waals surface area contributed by atoms with Crippen LogP contribution in [0.2, 0.25) is 5.02 Å². The summed E-state index contributed by atoms with van der Waals surface area (Å²) in [6.45, 7) is 0.264. The van der Waals surface area contributed by atoms with Crippen molar-refractivity contribution in [3.63, 3.8) is 0 Å². The molecule has 0 unspecified atom stereocenters. The maximum atomic E-state index is 12.8. The van der Waals surface area contributed by atoms with Gasteiger partial charge in [-0.1, -0.05) is 23.7 Å². The summed E-state index contributed by atoms with van der Waals surface area (Å²) in [6, 6.07) is 10.5. The second kappa shape index (κ2) is 7.60. The third-order valence-electron chi connectivity index (χ3n) is 3.08. The third-order valence-corrected chi connectivity index (χ3v) is 3.40. The topological polar surface area (TPSA) is 84.2 Å². The normalized spacial score (nSPS) is 10.2. The second-order valence-corrected chi connectivity index (χ2v) is 5.23.